The summed E-state index contributed by atoms with van der Waals surface area (Å²) in [6, 6.07) is 5.98. The molecule has 0 unspecified atom stereocenters. The number of aromatic nitrogens is 5. The van der Waals surface area contributed by atoms with Crippen molar-refractivity contribution in [3.05, 3.63) is 36.3 Å². The fourth-order valence-electron chi connectivity index (χ4n) is 3.45. The second-order valence-electron chi connectivity index (χ2n) is 7.01. The summed E-state index contributed by atoms with van der Waals surface area (Å²) >= 11 is 0. The van der Waals surface area contributed by atoms with Gasteiger partial charge in [0.25, 0.3) is 0 Å². The summed E-state index contributed by atoms with van der Waals surface area (Å²) in [7, 11) is 3.42. The zero-order chi connectivity index (χ0) is 19.7. The van der Waals surface area contributed by atoms with Gasteiger partial charge >= 0.3 is 0 Å². The van der Waals surface area contributed by atoms with Crippen LogP contribution in [0.3, 0.4) is 0 Å². The van der Waals surface area contributed by atoms with Gasteiger partial charge in [-0.05, 0) is 31.9 Å². The van der Waals surface area contributed by atoms with Crippen LogP contribution in [0.15, 0.2) is 30.6 Å². The molecular formula is C19H23N7O2. The SMILES string of the molecule is COc1ccnc(NC2CC(N(C)C(=O)Cn3nc(C)c4cccnc43)C2)n1. The van der Waals surface area contributed by atoms with Crippen LogP contribution in [0, 0.1) is 6.92 Å². The number of methoxy groups -OCH3 is 1. The molecule has 1 saturated carbocycles. The molecule has 0 atom stereocenters. The highest BCUT2D eigenvalue weighted by Crippen LogP contribution is 2.28. The molecule has 3 aromatic heterocycles. The number of anilines is 1. The fraction of sp³-hybridized carbons (Fsp3) is 0.421. The summed E-state index contributed by atoms with van der Waals surface area (Å²) in [5.74, 6) is 1.09. The Balaban J connectivity index is 1.34. The van der Waals surface area contributed by atoms with E-state index in [-0.39, 0.29) is 24.5 Å². The lowest BCUT2D eigenvalue weighted by molar-refractivity contribution is -0.134. The molecule has 146 valence electrons. The van der Waals surface area contributed by atoms with Crippen LogP contribution in [0.2, 0.25) is 0 Å². The maximum absolute atomic E-state index is 12.7. The Bertz CT molecular complexity index is 997. The number of ether oxygens (including phenoxy) is 1. The Morgan fingerprint density at radius 3 is 2.93 bits per heavy atom. The minimum absolute atomic E-state index is 0.0242. The first-order valence-electron chi connectivity index (χ1n) is 9.22. The van der Waals surface area contributed by atoms with Gasteiger partial charge in [0, 0.05) is 43.0 Å². The second-order valence-corrected chi connectivity index (χ2v) is 7.01. The molecule has 4 rings (SSSR count). The van der Waals surface area contributed by atoms with E-state index in [0.29, 0.717) is 11.8 Å². The summed E-state index contributed by atoms with van der Waals surface area (Å²) in [5.41, 5.74) is 1.62. The van der Waals surface area contributed by atoms with Crippen molar-refractivity contribution in [1.82, 2.24) is 29.6 Å². The summed E-state index contributed by atoms with van der Waals surface area (Å²) in [4.78, 5) is 27.3. The molecule has 0 spiro atoms. The molecule has 1 fully saturated rings. The normalized spacial score (nSPS) is 18.5. The number of nitrogens with zero attached hydrogens (tertiary/aromatic N) is 6. The van der Waals surface area contributed by atoms with Gasteiger partial charge in [0.1, 0.15) is 6.54 Å². The molecular weight excluding hydrogens is 358 g/mol. The van der Waals surface area contributed by atoms with Crippen LogP contribution in [0.1, 0.15) is 18.5 Å². The number of nitrogens with one attached hydrogen (secondary N) is 1. The predicted molar refractivity (Wildman–Crippen MR) is 104 cm³/mol. The minimum Gasteiger partial charge on any atom is -0.481 e. The van der Waals surface area contributed by atoms with Gasteiger partial charge in [-0.1, -0.05) is 0 Å². The van der Waals surface area contributed by atoms with E-state index < -0.39 is 0 Å². The first-order chi connectivity index (χ1) is 13.5. The number of pyridine rings is 1. The number of rotatable bonds is 6. The zero-order valence-corrected chi connectivity index (χ0v) is 16.2. The Labute approximate surface area is 162 Å². The lowest BCUT2D eigenvalue weighted by Crippen LogP contribution is -2.51. The molecule has 3 heterocycles. The first kappa shape index (κ1) is 18.1. The summed E-state index contributed by atoms with van der Waals surface area (Å²) in [6.45, 7) is 2.11. The van der Waals surface area contributed by atoms with Gasteiger partial charge in [0.2, 0.25) is 17.7 Å². The first-order valence-corrected chi connectivity index (χ1v) is 9.22. The number of fused-ring (bicyclic) bond motifs is 1. The quantitative estimate of drug-likeness (QED) is 0.693. The lowest BCUT2D eigenvalue weighted by Gasteiger charge is -2.41. The van der Waals surface area contributed by atoms with Crippen LogP contribution in [-0.2, 0) is 11.3 Å². The van der Waals surface area contributed by atoms with Gasteiger partial charge in [0.05, 0.1) is 12.8 Å². The average molecular weight is 381 g/mol. The van der Waals surface area contributed by atoms with Crippen molar-refractivity contribution in [3.8, 4) is 5.88 Å². The van der Waals surface area contributed by atoms with Crippen molar-refractivity contribution in [2.75, 3.05) is 19.5 Å². The highest BCUT2D eigenvalue weighted by molar-refractivity contribution is 5.81. The smallest absolute Gasteiger partial charge is 0.244 e. The molecule has 0 bridgehead atoms. The third kappa shape index (κ3) is 3.47. The standard InChI is InChI=1S/C19H23N7O2/c1-12-15-5-4-7-20-18(15)26(24-12)11-17(27)25(2)14-9-13(10-14)22-19-21-8-6-16(23-19)28-3/h4-8,13-14H,9-11H2,1-3H3,(H,21,22,23). The van der Waals surface area contributed by atoms with Crippen LogP contribution < -0.4 is 10.1 Å². The molecule has 3 aromatic rings. The van der Waals surface area contributed by atoms with Crippen molar-refractivity contribution in [2.24, 2.45) is 0 Å². The second kappa shape index (κ2) is 7.41. The number of amides is 1. The third-order valence-electron chi connectivity index (χ3n) is 5.20. The Kier molecular flexibility index (Phi) is 4.81. The largest absolute Gasteiger partial charge is 0.481 e. The van der Waals surface area contributed by atoms with Crippen LogP contribution in [-0.4, -0.2) is 61.8 Å². The highest BCUT2D eigenvalue weighted by atomic mass is 16.5. The number of aryl methyl sites for hydroxylation is 1. The fourth-order valence-corrected chi connectivity index (χ4v) is 3.45. The molecule has 0 radical (unpaired) electrons. The van der Waals surface area contributed by atoms with Gasteiger partial charge in [-0.15, -0.1) is 0 Å². The van der Waals surface area contributed by atoms with Crippen molar-refractivity contribution < 1.29 is 9.53 Å². The molecule has 9 nitrogen and oxygen atoms in total. The van der Waals surface area contributed by atoms with E-state index in [9.17, 15) is 4.79 Å². The van der Waals surface area contributed by atoms with E-state index in [4.69, 9.17) is 4.74 Å². The molecule has 1 N–H and O–H groups in total. The van der Waals surface area contributed by atoms with Crippen LogP contribution >= 0.6 is 0 Å². The maximum atomic E-state index is 12.7. The third-order valence-corrected chi connectivity index (χ3v) is 5.20. The van der Waals surface area contributed by atoms with E-state index in [2.05, 4.69) is 25.4 Å². The summed E-state index contributed by atoms with van der Waals surface area (Å²) in [6.07, 6.45) is 5.07. The van der Waals surface area contributed by atoms with Crippen molar-refractivity contribution in [2.45, 2.75) is 38.4 Å². The Morgan fingerprint density at radius 1 is 1.32 bits per heavy atom. The number of carbonyl (C=O) groups is 1. The van der Waals surface area contributed by atoms with Gasteiger partial charge in [-0.2, -0.15) is 10.1 Å². The predicted octanol–water partition coefficient (Wildman–Crippen LogP) is 1.64. The highest BCUT2D eigenvalue weighted by Gasteiger charge is 2.34. The molecule has 0 aromatic carbocycles. The molecule has 0 aliphatic heterocycles. The topological polar surface area (TPSA) is 98.1 Å². The van der Waals surface area contributed by atoms with Gasteiger partial charge in [-0.25, -0.2) is 14.6 Å². The molecule has 0 saturated heterocycles. The van der Waals surface area contributed by atoms with Crippen LogP contribution in [0.4, 0.5) is 5.95 Å². The summed E-state index contributed by atoms with van der Waals surface area (Å²) < 4.78 is 6.79. The number of carbonyl (C=O) groups excluding carboxylic acids is 1. The number of hydrogen-bond donors (Lipinski definition) is 1. The van der Waals surface area contributed by atoms with E-state index in [1.54, 1.807) is 35.2 Å². The van der Waals surface area contributed by atoms with Gasteiger partial charge in [0.15, 0.2) is 5.65 Å². The van der Waals surface area contributed by atoms with E-state index in [1.165, 1.54) is 0 Å². The monoisotopic (exact) mass is 381 g/mol. The van der Waals surface area contributed by atoms with Crippen molar-refractivity contribution >= 4 is 22.9 Å². The van der Waals surface area contributed by atoms with Crippen LogP contribution in [0.5, 0.6) is 5.88 Å². The summed E-state index contributed by atoms with van der Waals surface area (Å²) in [5, 5.41) is 8.73. The molecule has 9 heteroatoms. The molecule has 1 aliphatic carbocycles. The molecule has 1 aliphatic rings. The van der Waals surface area contributed by atoms with Gasteiger partial charge < -0.3 is 15.0 Å². The Hall–Kier alpha value is -3.23. The number of likely N-dealkylation sites (N-methyl/N-ethyl adjacent to an activating group) is 1. The lowest BCUT2D eigenvalue weighted by atomic mass is 9.85. The molecule has 28 heavy (non-hydrogen) atoms. The van der Waals surface area contributed by atoms with Gasteiger partial charge in [-0.3, -0.25) is 4.79 Å². The zero-order valence-electron chi connectivity index (χ0n) is 16.2. The number of hydrogen-bond acceptors (Lipinski definition) is 7. The van der Waals surface area contributed by atoms with E-state index >= 15 is 0 Å². The van der Waals surface area contributed by atoms with E-state index in [1.807, 2.05) is 26.1 Å². The van der Waals surface area contributed by atoms with Crippen molar-refractivity contribution in [1.29, 1.82) is 0 Å². The van der Waals surface area contributed by atoms with E-state index in [0.717, 1.165) is 29.6 Å². The average Bonchev–Trinajstić information content (AvgIpc) is 3.00. The van der Waals surface area contributed by atoms with Crippen molar-refractivity contribution in [3.63, 3.8) is 0 Å². The van der Waals surface area contributed by atoms with Crippen LogP contribution in [0.25, 0.3) is 11.0 Å². The minimum atomic E-state index is 0.0242. The Morgan fingerprint density at radius 2 is 2.14 bits per heavy atom. The maximum Gasteiger partial charge on any atom is 0.244 e. The molecule has 1 amide bonds.